The van der Waals surface area contributed by atoms with Crippen LogP contribution in [0.2, 0.25) is 0 Å². The van der Waals surface area contributed by atoms with Crippen LogP contribution in [0.1, 0.15) is 13.3 Å². The first kappa shape index (κ1) is 14.0. The van der Waals surface area contributed by atoms with E-state index in [4.69, 9.17) is 9.47 Å². The van der Waals surface area contributed by atoms with Gasteiger partial charge in [0, 0.05) is 25.4 Å². The normalized spacial score (nSPS) is 19.5. The van der Waals surface area contributed by atoms with Crippen molar-refractivity contribution in [2.24, 2.45) is 0 Å². The maximum absolute atomic E-state index is 5.56. The summed E-state index contributed by atoms with van der Waals surface area (Å²) in [6, 6.07) is 2.06. The van der Waals surface area contributed by atoms with Gasteiger partial charge in [-0.2, -0.15) is 4.98 Å². The van der Waals surface area contributed by atoms with Crippen LogP contribution in [0.5, 0.6) is 5.88 Å². The lowest BCUT2D eigenvalue weighted by atomic mass is 10.2. The van der Waals surface area contributed by atoms with E-state index in [1.165, 1.54) is 0 Å². The van der Waals surface area contributed by atoms with E-state index in [-0.39, 0.29) is 6.04 Å². The van der Waals surface area contributed by atoms with Crippen molar-refractivity contribution < 1.29 is 9.47 Å². The lowest BCUT2D eigenvalue weighted by molar-refractivity contribution is 0.0933. The molecule has 1 fully saturated rings. The van der Waals surface area contributed by atoms with Gasteiger partial charge in [-0.1, -0.05) is 6.92 Å². The van der Waals surface area contributed by atoms with Gasteiger partial charge < -0.3 is 19.7 Å². The van der Waals surface area contributed by atoms with E-state index in [2.05, 4.69) is 27.1 Å². The Morgan fingerprint density at radius 3 is 3.26 bits per heavy atom. The van der Waals surface area contributed by atoms with Gasteiger partial charge in [-0.3, -0.25) is 0 Å². The first-order valence-corrected chi connectivity index (χ1v) is 6.80. The molecule has 2 rings (SSSR count). The largest absolute Gasteiger partial charge is 0.478 e. The van der Waals surface area contributed by atoms with Crippen LogP contribution >= 0.6 is 0 Å². The molecule has 1 aliphatic heterocycles. The Hall–Kier alpha value is -1.40. The van der Waals surface area contributed by atoms with Crippen molar-refractivity contribution in [2.75, 3.05) is 44.9 Å². The van der Waals surface area contributed by atoms with Crippen LogP contribution in [-0.2, 0) is 4.74 Å². The number of nitrogens with one attached hydrogen (secondary N) is 1. The monoisotopic (exact) mass is 266 g/mol. The molecular weight excluding hydrogens is 244 g/mol. The molecule has 106 valence electrons. The molecule has 6 heteroatoms. The molecule has 1 aromatic rings. The van der Waals surface area contributed by atoms with Crippen LogP contribution in [0.15, 0.2) is 12.3 Å². The molecule has 0 saturated carbocycles. The molecule has 0 aromatic carbocycles. The molecule has 0 aliphatic carbocycles. The second-order valence-corrected chi connectivity index (χ2v) is 4.52. The van der Waals surface area contributed by atoms with Gasteiger partial charge in [0.2, 0.25) is 11.8 Å². The average molecular weight is 266 g/mol. The van der Waals surface area contributed by atoms with E-state index in [1.807, 2.05) is 7.05 Å². The van der Waals surface area contributed by atoms with E-state index in [0.717, 1.165) is 25.5 Å². The number of ether oxygens (including phenoxy) is 2. The van der Waals surface area contributed by atoms with Crippen LogP contribution in [0, 0.1) is 0 Å². The summed E-state index contributed by atoms with van der Waals surface area (Å²) in [5.41, 5.74) is 0. The van der Waals surface area contributed by atoms with Crippen LogP contribution in [-0.4, -0.2) is 56.0 Å². The number of morpholine rings is 1. The molecule has 1 aromatic heterocycles. The van der Waals surface area contributed by atoms with Crippen molar-refractivity contribution in [1.29, 1.82) is 0 Å². The van der Waals surface area contributed by atoms with E-state index >= 15 is 0 Å². The summed E-state index contributed by atoms with van der Waals surface area (Å²) >= 11 is 0. The Morgan fingerprint density at radius 1 is 1.58 bits per heavy atom. The van der Waals surface area contributed by atoms with Crippen molar-refractivity contribution in [2.45, 2.75) is 19.4 Å². The smallest absolute Gasteiger partial charge is 0.229 e. The number of aromatic nitrogens is 2. The maximum Gasteiger partial charge on any atom is 0.229 e. The molecule has 1 atom stereocenters. The highest BCUT2D eigenvalue weighted by atomic mass is 16.5. The van der Waals surface area contributed by atoms with Gasteiger partial charge >= 0.3 is 0 Å². The van der Waals surface area contributed by atoms with Crippen molar-refractivity contribution in [1.82, 2.24) is 15.3 Å². The predicted molar refractivity (Wildman–Crippen MR) is 73.7 cm³/mol. The van der Waals surface area contributed by atoms with E-state index in [9.17, 15) is 0 Å². The molecule has 0 radical (unpaired) electrons. The SMILES string of the molecule is CCCOc1ccnc(N2CCOCC2CNC)n1. The van der Waals surface area contributed by atoms with Crippen molar-refractivity contribution in [3.8, 4) is 5.88 Å². The standard InChI is InChI=1S/C13H22N4O2/c1-3-7-19-12-4-5-15-13(16-12)17-6-8-18-10-11(17)9-14-2/h4-5,11,14H,3,6-10H2,1-2H3. The fourth-order valence-electron chi connectivity index (χ4n) is 2.08. The molecule has 0 bridgehead atoms. The molecule has 2 heterocycles. The summed E-state index contributed by atoms with van der Waals surface area (Å²) in [6.07, 6.45) is 2.72. The molecule has 19 heavy (non-hydrogen) atoms. The molecule has 0 spiro atoms. The highest BCUT2D eigenvalue weighted by Gasteiger charge is 2.24. The first-order chi connectivity index (χ1) is 9.35. The zero-order chi connectivity index (χ0) is 13.5. The topological polar surface area (TPSA) is 59.5 Å². The van der Waals surface area contributed by atoms with Crippen LogP contribution in [0.25, 0.3) is 0 Å². The fraction of sp³-hybridized carbons (Fsp3) is 0.692. The first-order valence-electron chi connectivity index (χ1n) is 6.80. The average Bonchev–Trinajstić information content (AvgIpc) is 2.46. The Morgan fingerprint density at radius 2 is 2.47 bits per heavy atom. The summed E-state index contributed by atoms with van der Waals surface area (Å²) in [7, 11) is 1.94. The van der Waals surface area contributed by atoms with Gasteiger partial charge in [0.05, 0.1) is 25.9 Å². The summed E-state index contributed by atoms with van der Waals surface area (Å²) in [5, 5.41) is 3.18. The van der Waals surface area contributed by atoms with Crippen LogP contribution < -0.4 is 15.0 Å². The number of hydrogen-bond donors (Lipinski definition) is 1. The summed E-state index contributed by atoms with van der Waals surface area (Å²) < 4.78 is 11.1. The third kappa shape index (κ3) is 3.78. The molecule has 1 N–H and O–H groups in total. The zero-order valence-corrected chi connectivity index (χ0v) is 11.6. The van der Waals surface area contributed by atoms with Gasteiger partial charge in [-0.15, -0.1) is 0 Å². The minimum absolute atomic E-state index is 0.264. The quantitative estimate of drug-likeness (QED) is 0.817. The third-order valence-electron chi connectivity index (χ3n) is 3.00. The molecule has 1 saturated heterocycles. The highest BCUT2D eigenvalue weighted by molar-refractivity contribution is 5.34. The van der Waals surface area contributed by atoms with Gasteiger partial charge in [0.25, 0.3) is 0 Å². The molecule has 6 nitrogen and oxygen atoms in total. The Labute approximate surface area is 114 Å². The van der Waals surface area contributed by atoms with Crippen molar-refractivity contribution in [3.05, 3.63) is 12.3 Å². The number of nitrogens with zero attached hydrogens (tertiary/aromatic N) is 3. The fourth-order valence-corrected chi connectivity index (χ4v) is 2.08. The molecular formula is C13H22N4O2. The van der Waals surface area contributed by atoms with Crippen LogP contribution in [0.3, 0.4) is 0 Å². The second kappa shape index (κ2) is 7.25. The zero-order valence-electron chi connectivity index (χ0n) is 11.6. The van der Waals surface area contributed by atoms with Gasteiger partial charge in [-0.05, 0) is 13.5 Å². The van der Waals surface area contributed by atoms with Crippen molar-refractivity contribution >= 4 is 5.95 Å². The van der Waals surface area contributed by atoms with Crippen molar-refractivity contribution in [3.63, 3.8) is 0 Å². The Balaban J connectivity index is 2.09. The predicted octanol–water partition coefficient (Wildman–Crippen LogP) is 0.690. The number of hydrogen-bond acceptors (Lipinski definition) is 6. The Kier molecular flexibility index (Phi) is 5.35. The van der Waals surface area contributed by atoms with Gasteiger partial charge in [0.15, 0.2) is 0 Å². The lowest BCUT2D eigenvalue weighted by Gasteiger charge is -2.35. The summed E-state index contributed by atoms with van der Waals surface area (Å²) in [4.78, 5) is 11.0. The number of likely N-dealkylation sites (N-methyl/N-ethyl adjacent to an activating group) is 1. The van der Waals surface area contributed by atoms with E-state index in [0.29, 0.717) is 25.7 Å². The number of anilines is 1. The van der Waals surface area contributed by atoms with Gasteiger partial charge in [-0.25, -0.2) is 4.98 Å². The summed E-state index contributed by atoms with van der Waals surface area (Å²) in [6.45, 7) is 5.83. The summed E-state index contributed by atoms with van der Waals surface area (Å²) in [5.74, 6) is 1.36. The third-order valence-corrected chi connectivity index (χ3v) is 3.00. The minimum Gasteiger partial charge on any atom is -0.478 e. The minimum atomic E-state index is 0.264. The molecule has 0 amide bonds. The highest BCUT2D eigenvalue weighted by Crippen LogP contribution is 2.17. The molecule has 1 aliphatic rings. The number of rotatable bonds is 6. The van der Waals surface area contributed by atoms with E-state index < -0.39 is 0 Å². The Bertz CT molecular complexity index is 387. The lowest BCUT2D eigenvalue weighted by Crippen LogP contribution is -2.50. The second-order valence-electron chi connectivity index (χ2n) is 4.52. The molecule has 1 unspecified atom stereocenters. The van der Waals surface area contributed by atoms with Gasteiger partial charge in [0.1, 0.15) is 0 Å². The maximum atomic E-state index is 5.56. The van der Waals surface area contributed by atoms with Crippen LogP contribution in [0.4, 0.5) is 5.95 Å². The van der Waals surface area contributed by atoms with E-state index in [1.54, 1.807) is 12.3 Å².